The van der Waals surface area contributed by atoms with Crippen LogP contribution in [0.2, 0.25) is 0 Å². The van der Waals surface area contributed by atoms with Gasteiger partial charge in [-0.1, -0.05) is 13.8 Å². The summed E-state index contributed by atoms with van der Waals surface area (Å²) in [7, 11) is 1.99. The maximum Gasteiger partial charge on any atom is 0.279 e. The van der Waals surface area contributed by atoms with Gasteiger partial charge in [0.1, 0.15) is 28.4 Å². The Hall–Kier alpha value is -2.67. The number of aromatic amines is 1. The minimum absolute atomic E-state index is 0.282. The number of hydrogen-bond donors (Lipinski definition) is 1. The maximum absolute atomic E-state index is 13.4. The number of methoxy groups -OCH3 is 1. The van der Waals surface area contributed by atoms with Crippen LogP contribution in [0.3, 0.4) is 0 Å². The number of piperazine rings is 1. The molecule has 3 aromatic heterocycles. The Morgan fingerprint density at radius 2 is 1.94 bits per heavy atom. The maximum atomic E-state index is 13.4. The van der Waals surface area contributed by atoms with E-state index in [1.165, 1.54) is 0 Å². The van der Waals surface area contributed by atoms with Crippen molar-refractivity contribution in [2.75, 3.05) is 46.4 Å². The number of pyridine rings is 1. The Balaban J connectivity index is 1.77. The zero-order chi connectivity index (χ0) is 25.1. The molecule has 1 fully saturated rings. The first kappa shape index (κ1) is 25.4. The number of nitrogens with one attached hydrogen (secondary N) is 1. The van der Waals surface area contributed by atoms with Crippen molar-refractivity contribution in [1.82, 2.24) is 33.9 Å². The molecule has 2 atom stereocenters. The van der Waals surface area contributed by atoms with Crippen molar-refractivity contribution >= 4 is 22.0 Å². The van der Waals surface area contributed by atoms with Crippen molar-refractivity contribution in [3.8, 4) is 17.3 Å². The largest absolute Gasteiger partial charge is 0.472 e. The predicted molar refractivity (Wildman–Crippen MR) is 134 cm³/mol. The van der Waals surface area contributed by atoms with Crippen LogP contribution in [0.1, 0.15) is 26.5 Å². The van der Waals surface area contributed by atoms with Gasteiger partial charge in [0.05, 0.1) is 22.8 Å². The van der Waals surface area contributed by atoms with Crippen LogP contribution in [-0.2, 0) is 29.2 Å². The number of rotatable bonds is 9. The van der Waals surface area contributed by atoms with Gasteiger partial charge < -0.3 is 19.4 Å². The Morgan fingerprint density at radius 1 is 1.20 bits per heavy atom. The molecule has 12 heteroatoms. The number of likely N-dealkylation sites (N-methyl/N-ethyl adjacent to an activating group) is 1. The summed E-state index contributed by atoms with van der Waals surface area (Å²) in [6.45, 7) is 10.5. The number of hydrogen-bond acceptors (Lipinski definition) is 8. The Bertz CT molecular complexity index is 1270. The van der Waals surface area contributed by atoms with E-state index in [1.54, 1.807) is 31.1 Å². The molecule has 1 aliphatic rings. The highest BCUT2D eigenvalue weighted by atomic mass is 32.2. The van der Waals surface area contributed by atoms with Gasteiger partial charge in [0.25, 0.3) is 5.56 Å². The second kappa shape index (κ2) is 10.9. The van der Waals surface area contributed by atoms with E-state index in [-0.39, 0.29) is 23.1 Å². The van der Waals surface area contributed by atoms with Crippen LogP contribution < -0.4 is 10.3 Å². The normalized spacial score (nSPS) is 17.1. The summed E-state index contributed by atoms with van der Waals surface area (Å²) in [6, 6.07) is 1.75. The van der Waals surface area contributed by atoms with E-state index in [4.69, 9.17) is 14.5 Å². The Morgan fingerprint density at radius 3 is 2.60 bits per heavy atom. The van der Waals surface area contributed by atoms with Gasteiger partial charge in [0, 0.05) is 46.5 Å². The highest BCUT2D eigenvalue weighted by Crippen LogP contribution is 2.30. The van der Waals surface area contributed by atoms with Crippen molar-refractivity contribution in [2.45, 2.75) is 38.2 Å². The predicted octanol–water partition coefficient (Wildman–Crippen LogP) is 1.35. The molecule has 4 rings (SSSR count). The second-order valence-corrected chi connectivity index (χ2v) is 10.0. The molecule has 4 heterocycles. The van der Waals surface area contributed by atoms with Gasteiger partial charge in [0.15, 0.2) is 5.52 Å². The van der Waals surface area contributed by atoms with Crippen LogP contribution in [0.5, 0.6) is 5.88 Å². The second-order valence-electron chi connectivity index (χ2n) is 8.56. The van der Waals surface area contributed by atoms with Gasteiger partial charge in [-0.15, -0.1) is 0 Å². The smallest absolute Gasteiger partial charge is 0.279 e. The number of aromatic nitrogens is 5. The van der Waals surface area contributed by atoms with E-state index in [2.05, 4.69) is 26.9 Å². The van der Waals surface area contributed by atoms with Gasteiger partial charge in [-0.3, -0.25) is 9.48 Å². The molecule has 0 amide bonds. The molecule has 1 aliphatic heterocycles. The lowest BCUT2D eigenvalue weighted by molar-refractivity contribution is 0.0893. The van der Waals surface area contributed by atoms with E-state index in [9.17, 15) is 9.00 Å². The van der Waals surface area contributed by atoms with E-state index in [0.29, 0.717) is 47.9 Å². The molecule has 35 heavy (non-hydrogen) atoms. The van der Waals surface area contributed by atoms with Crippen molar-refractivity contribution in [3.05, 3.63) is 28.3 Å². The molecule has 2 unspecified atom stereocenters. The fraction of sp³-hybridized carbons (Fsp3) is 0.565. The number of H-pyrrole nitrogens is 1. The molecule has 0 saturated carbocycles. The SMILES string of the molecule is CCc1c2nc(-c3cc(S(=O)N4CCN(CC)CC4)cnc3OC(C)COC)[nH]c(=O)c2nn1C. The molecule has 190 valence electrons. The van der Waals surface area contributed by atoms with Crippen molar-refractivity contribution in [1.29, 1.82) is 0 Å². The van der Waals surface area contributed by atoms with Gasteiger partial charge in [0.2, 0.25) is 5.88 Å². The van der Waals surface area contributed by atoms with Crippen LogP contribution in [0.4, 0.5) is 0 Å². The highest BCUT2D eigenvalue weighted by molar-refractivity contribution is 7.82. The molecule has 1 N–H and O–H groups in total. The third-order valence-corrected chi connectivity index (χ3v) is 7.61. The summed E-state index contributed by atoms with van der Waals surface area (Å²) in [4.78, 5) is 27.8. The van der Waals surface area contributed by atoms with Gasteiger partial charge in [-0.2, -0.15) is 5.10 Å². The third kappa shape index (κ3) is 5.30. The molecular weight excluding hydrogens is 470 g/mol. The minimum Gasteiger partial charge on any atom is -0.472 e. The summed E-state index contributed by atoms with van der Waals surface area (Å²) in [5.41, 5.74) is 1.79. The lowest BCUT2D eigenvalue weighted by Gasteiger charge is -2.32. The average Bonchev–Trinajstić information content (AvgIpc) is 3.19. The number of aryl methyl sites for hydroxylation is 2. The van der Waals surface area contributed by atoms with Gasteiger partial charge in [-0.25, -0.2) is 18.5 Å². The molecule has 0 bridgehead atoms. The molecule has 11 nitrogen and oxygen atoms in total. The first-order valence-electron chi connectivity index (χ1n) is 11.9. The molecule has 0 radical (unpaired) electrons. The first-order chi connectivity index (χ1) is 16.9. The van der Waals surface area contributed by atoms with E-state index >= 15 is 0 Å². The fourth-order valence-electron chi connectivity index (χ4n) is 4.26. The van der Waals surface area contributed by atoms with Crippen LogP contribution in [0.15, 0.2) is 22.0 Å². The van der Waals surface area contributed by atoms with Gasteiger partial charge >= 0.3 is 0 Å². The summed E-state index contributed by atoms with van der Waals surface area (Å²) >= 11 is 0. The number of nitrogens with zero attached hydrogens (tertiary/aromatic N) is 6. The zero-order valence-electron chi connectivity index (χ0n) is 20.9. The third-order valence-electron chi connectivity index (χ3n) is 6.15. The summed E-state index contributed by atoms with van der Waals surface area (Å²) < 4.78 is 28.2. The average molecular weight is 504 g/mol. The van der Waals surface area contributed by atoms with Crippen LogP contribution in [0.25, 0.3) is 22.4 Å². The van der Waals surface area contributed by atoms with Crippen molar-refractivity contribution in [3.63, 3.8) is 0 Å². The molecule has 3 aromatic rings. The summed E-state index contributed by atoms with van der Waals surface area (Å²) in [5.74, 6) is 0.586. The van der Waals surface area contributed by atoms with E-state index in [0.717, 1.165) is 25.3 Å². The van der Waals surface area contributed by atoms with Crippen molar-refractivity contribution in [2.24, 2.45) is 7.05 Å². The number of fused-ring (bicyclic) bond motifs is 1. The highest BCUT2D eigenvalue weighted by Gasteiger charge is 2.24. The Kier molecular flexibility index (Phi) is 7.95. The van der Waals surface area contributed by atoms with Crippen LogP contribution in [0, 0.1) is 0 Å². The standard InChI is InChI=1S/C23H33N7O4S/c1-6-18-19-20(27-28(18)4)22(31)26-21(25-19)17-12-16(13-24-23(17)34-15(3)14-33-5)35(32)30-10-8-29(7-2)9-11-30/h12-13,15H,6-11,14H2,1-5H3,(H,25,26,31). The van der Waals surface area contributed by atoms with E-state index < -0.39 is 11.0 Å². The van der Waals surface area contributed by atoms with Crippen LogP contribution >= 0.6 is 0 Å². The molecule has 1 saturated heterocycles. The summed E-state index contributed by atoms with van der Waals surface area (Å²) in [6.07, 6.45) is 1.95. The topological polar surface area (TPSA) is 118 Å². The Labute approximate surface area is 207 Å². The molecule has 0 aromatic carbocycles. The van der Waals surface area contributed by atoms with Gasteiger partial charge in [-0.05, 0) is 26.0 Å². The first-order valence-corrected chi connectivity index (χ1v) is 13.0. The fourth-order valence-corrected chi connectivity index (χ4v) is 5.42. The molecule has 0 aliphatic carbocycles. The van der Waals surface area contributed by atoms with Crippen LogP contribution in [-0.4, -0.2) is 90.7 Å². The van der Waals surface area contributed by atoms with E-state index in [1.807, 2.05) is 18.2 Å². The lowest BCUT2D eigenvalue weighted by Crippen LogP contribution is -2.46. The monoisotopic (exact) mass is 503 g/mol. The molecular formula is C23H33N7O4S. The molecule has 0 spiro atoms. The zero-order valence-corrected chi connectivity index (χ0v) is 21.7. The minimum atomic E-state index is -1.40. The summed E-state index contributed by atoms with van der Waals surface area (Å²) in [5, 5.41) is 4.32. The lowest BCUT2D eigenvalue weighted by atomic mass is 10.2. The van der Waals surface area contributed by atoms with Crippen molar-refractivity contribution < 1.29 is 13.7 Å². The quantitative estimate of drug-likeness (QED) is 0.465. The number of ether oxygens (including phenoxy) is 2.